The van der Waals surface area contributed by atoms with Gasteiger partial charge in [0.15, 0.2) is 0 Å². The molecule has 1 aliphatic heterocycles. The fourth-order valence-corrected chi connectivity index (χ4v) is 1.63. The van der Waals surface area contributed by atoms with Gasteiger partial charge in [-0.15, -0.1) is 0 Å². The van der Waals surface area contributed by atoms with E-state index in [0.717, 1.165) is 19.4 Å². The summed E-state index contributed by atoms with van der Waals surface area (Å²) in [6, 6.07) is -1.63. The summed E-state index contributed by atoms with van der Waals surface area (Å²) in [5.74, 6) is -2.25. The Labute approximate surface area is 104 Å². The van der Waals surface area contributed by atoms with Gasteiger partial charge in [-0.25, -0.2) is 4.79 Å². The first kappa shape index (κ1) is 14.4. The molecule has 8 heteroatoms. The van der Waals surface area contributed by atoms with E-state index in [1.807, 2.05) is 0 Å². The van der Waals surface area contributed by atoms with Crippen LogP contribution in [0.4, 0.5) is 0 Å². The lowest BCUT2D eigenvalue weighted by atomic mass is 10.2. The minimum atomic E-state index is -1.35. The van der Waals surface area contributed by atoms with Crippen molar-refractivity contribution in [2.45, 2.75) is 24.9 Å². The molecule has 2 amide bonds. The molecule has 1 rings (SSSR count). The number of hydrogen-bond acceptors (Lipinski definition) is 5. The van der Waals surface area contributed by atoms with Crippen LogP contribution in [0, 0.1) is 0 Å². The van der Waals surface area contributed by atoms with Crippen molar-refractivity contribution < 1.29 is 24.6 Å². The summed E-state index contributed by atoms with van der Waals surface area (Å²) in [5.41, 5.74) is 0. The second-order valence-electron chi connectivity index (χ2n) is 4.01. The molecular weight excluding hydrogens is 242 g/mol. The van der Waals surface area contributed by atoms with Crippen molar-refractivity contribution in [1.82, 2.24) is 16.0 Å². The summed E-state index contributed by atoms with van der Waals surface area (Å²) in [7, 11) is 0. The third-order valence-corrected chi connectivity index (χ3v) is 2.62. The van der Waals surface area contributed by atoms with E-state index in [2.05, 4.69) is 16.0 Å². The van der Waals surface area contributed by atoms with Crippen molar-refractivity contribution in [3.63, 3.8) is 0 Å². The molecule has 0 aromatic carbocycles. The number of aliphatic hydroxyl groups is 1. The Morgan fingerprint density at radius 2 is 2.11 bits per heavy atom. The molecule has 0 radical (unpaired) electrons. The molecule has 1 fully saturated rings. The zero-order valence-corrected chi connectivity index (χ0v) is 9.81. The topological polar surface area (TPSA) is 128 Å². The minimum Gasteiger partial charge on any atom is -0.480 e. The summed E-state index contributed by atoms with van der Waals surface area (Å²) >= 11 is 0. The number of carboxylic acids is 1. The maximum absolute atomic E-state index is 11.5. The van der Waals surface area contributed by atoms with E-state index in [9.17, 15) is 14.4 Å². The van der Waals surface area contributed by atoms with Gasteiger partial charge in [0.2, 0.25) is 11.8 Å². The van der Waals surface area contributed by atoms with Gasteiger partial charge in [-0.3, -0.25) is 9.59 Å². The molecule has 1 heterocycles. The van der Waals surface area contributed by atoms with Crippen LogP contribution in [0.1, 0.15) is 12.8 Å². The Hall–Kier alpha value is -1.67. The minimum absolute atomic E-state index is 0.279. The molecule has 0 aromatic heterocycles. The number of aliphatic carboxylic acids is 1. The van der Waals surface area contributed by atoms with Crippen molar-refractivity contribution >= 4 is 17.8 Å². The molecule has 0 aromatic rings. The van der Waals surface area contributed by atoms with E-state index < -0.39 is 24.5 Å². The fraction of sp³-hybridized carbons (Fsp3) is 0.700. The molecular formula is C10H17N3O5. The second kappa shape index (κ2) is 6.92. The lowest BCUT2D eigenvalue weighted by molar-refractivity contribution is -0.142. The van der Waals surface area contributed by atoms with E-state index in [1.54, 1.807) is 0 Å². The third-order valence-electron chi connectivity index (χ3n) is 2.62. The predicted molar refractivity (Wildman–Crippen MR) is 60.7 cm³/mol. The smallest absolute Gasteiger partial charge is 0.328 e. The Morgan fingerprint density at radius 1 is 1.39 bits per heavy atom. The third kappa shape index (κ3) is 4.30. The summed E-state index contributed by atoms with van der Waals surface area (Å²) in [6.45, 7) is -0.226. The molecule has 8 nitrogen and oxygen atoms in total. The largest absolute Gasteiger partial charge is 0.480 e. The van der Waals surface area contributed by atoms with Crippen LogP contribution in [-0.4, -0.2) is 59.8 Å². The Balaban J connectivity index is 2.27. The van der Waals surface area contributed by atoms with Crippen molar-refractivity contribution in [2.75, 3.05) is 19.7 Å². The quantitative estimate of drug-likeness (QED) is 0.356. The average Bonchev–Trinajstić information content (AvgIpc) is 2.86. The van der Waals surface area contributed by atoms with Crippen LogP contribution in [0.15, 0.2) is 0 Å². The van der Waals surface area contributed by atoms with Crippen LogP contribution in [0.5, 0.6) is 0 Å². The van der Waals surface area contributed by atoms with Gasteiger partial charge >= 0.3 is 5.97 Å². The van der Waals surface area contributed by atoms with Crippen molar-refractivity contribution in [3.05, 3.63) is 0 Å². The molecule has 0 bridgehead atoms. The number of amides is 2. The SMILES string of the molecule is O=C(CNC(=O)C1CCCN1)NC(CO)C(=O)O. The fourth-order valence-electron chi connectivity index (χ4n) is 1.63. The van der Waals surface area contributed by atoms with Crippen LogP contribution < -0.4 is 16.0 Å². The highest BCUT2D eigenvalue weighted by atomic mass is 16.4. The Morgan fingerprint density at radius 3 is 2.61 bits per heavy atom. The standard InChI is InChI=1S/C10H17N3O5/c14-5-7(10(17)18)13-8(15)4-12-9(16)6-2-1-3-11-6/h6-7,11,14H,1-5H2,(H,12,16)(H,13,15)(H,17,18). The predicted octanol–water partition coefficient (Wildman–Crippen LogP) is -2.58. The van der Waals surface area contributed by atoms with Crippen LogP contribution in [0.2, 0.25) is 0 Å². The van der Waals surface area contributed by atoms with Crippen LogP contribution in [-0.2, 0) is 14.4 Å². The maximum Gasteiger partial charge on any atom is 0.328 e. The summed E-state index contributed by atoms with van der Waals surface area (Å²) < 4.78 is 0. The highest BCUT2D eigenvalue weighted by molar-refractivity contribution is 5.89. The Kier molecular flexibility index (Phi) is 5.53. The monoisotopic (exact) mass is 259 g/mol. The molecule has 0 aliphatic carbocycles. The number of carboxylic acid groups (broad SMARTS) is 1. The van der Waals surface area contributed by atoms with Gasteiger partial charge < -0.3 is 26.2 Å². The first-order valence-electron chi connectivity index (χ1n) is 5.68. The van der Waals surface area contributed by atoms with Gasteiger partial charge in [-0.1, -0.05) is 0 Å². The van der Waals surface area contributed by atoms with Gasteiger partial charge in [0.1, 0.15) is 6.04 Å². The molecule has 2 unspecified atom stereocenters. The second-order valence-corrected chi connectivity index (χ2v) is 4.01. The number of nitrogens with one attached hydrogen (secondary N) is 3. The van der Waals surface area contributed by atoms with Gasteiger partial charge in [-0.05, 0) is 19.4 Å². The highest BCUT2D eigenvalue weighted by Gasteiger charge is 2.23. The number of carbonyl (C=O) groups excluding carboxylic acids is 2. The van der Waals surface area contributed by atoms with Crippen LogP contribution in [0.3, 0.4) is 0 Å². The zero-order valence-electron chi connectivity index (χ0n) is 9.81. The summed E-state index contributed by atoms with van der Waals surface area (Å²) in [6.07, 6.45) is 1.64. The molecule has 102 valence electrons. The zero-order chi connectivity index (χ0) is 13.5. The summed E-state index contributed by atoms with van der Waals surface area (Å²) in [5, 5.41) is 24.8. The lowest BCUT2D eigenvalue weighted by Crippen LogP contribution is -2.49. The van der Waals surface area contributed by atoms with Crippen LogP contribution >= 0.6 is 0 Å². The average molecular weight is 259 g/mol. The van der Waals surface area contributed by atoms with E-state index in [1.165, 1.54) is 0 Å². The van der Waals surface area contributed by atoms with E-state index in [4.69, 9.17) is 10.2 Å². The first-order chi connectivity index (χ1) is 8.54. The van der Waals surface area contributed by atoms with Crippen molar-refractivity contribution in [3.8, 4) is 0 Å². The number of aliphatic hydroxyl groups excluding tert-OH is 1. The molecule has 0 saturated carbocycles. The molecule has 1 aliphatic rings. The number of hydrogen-bond donors (Lipinski definition) is 5. The highest BCUT2D eigenvalue weighted by Crippen LogP contribution is 2.03. The Bertz CT molecular complexity index is 327. The van der Waals surface area contributed by atoms with Gasteiger partial charge in [0, 0.05) is 0 Å². The first-order valence-corrected chi connectivity index (χ1v) is 5.68. The van der Waals surface area contributed by atoms with E-state index >= 15 is 0 Å². The van der Waals surface area contributed by atoms with Gasteiger partial charge in [0.25, 0.3) is 0 Å². The number of rotatable bonds is 6. The van der Waals surface area contributed by atoms with Gasteiger partial charge in [0.05, 0.1) is 19.2 Å². The van der Waals surface area contributed by atoms with E-state index in [0.29, 0.717) is 0 Å². The molecule has 5 N–H and O–H groups in total. The van der Waals surface area contributed by atoms with Gasteiger partial charge in [-0.2, -0.15) is 0 Å². The van der Waals surface area contributed by atoms with Crippen molar-refractivity contribution in [1.29, 1.82) is 0 Å². The lowest BCUT2D eigenvalue weighted by Gasteiger charge is -2.13. The number of carbonyl (C=O) groups is 3. The molecule has 2 atom stereocenters. The molecule has 18 heavy (non-hydrogen) atoms. The summed E-state index contributed by atoms with van der Waals surface area (Å²) in [4.78, 5) is 33.4. The molecule has 0 spiro atoms. The van der Waals surface area contributed by atoms with Crippen molar-refractivity contribution in [2.24, 2.45) is 0 Å². The van der Waals surface area contributed by atoms with E-state index in [-0.39, 0.29) is 18.5 Å². The van der Waals surface area contributed by atoms with Crippen LogP contribution in [0.25, 0.3) is 0 Å². The maximum atomic E-state index is 11.5. The normalized spacial score (nSPS) is 20.2. The molecule has 1 saturated heterocycles.